The number of thioether (sulfide) groups is 2. The van der Waals surface area contributed by atoms with Crippen molar-refractivity contribution in [2.45, 2.75) is 82.1 Å². The maximum Gasteiger partial charge on any atom is 1.00 e. The molecule has 0 saturated carbocycles. The smallest absolute Gasteiger partial charge is 0.742 e. The van der Waals surface area contributed by atoms with Gasteiger partial charge in [0.1, 0.15) is 12.2 Å². The molecular formula is C32H61KO13S3. The molecule has 3 rings (SSSR count). The summed E-state index contributed by atoms with van der Waals surface area (Å²) in [6.07, 6.45) is 4.01. The molecule has 0 bridgehead atoms. The van der Waals surface area contributed by atoms with Crippen LogP contribution >= 0.6 is 23.5 Å². The summed E-state index contributed by atoms with van der Waals surface area (Å²) in [6, 6.07) is 0. The van der Waals surface area contributed by atoms with Crippen LogP contribution in [0.4, 0.5) is 0 Å². The van der Waals surface area contributed by atoms with E-state index in [4.69, 9.17) is 37.9 Å². The van der Waals surface area contributed by atoms with E-state index < -0.39 is 24.4 Å². The number of carbonyl (C=O) groups excluding carboxylic acids is 1. The third kappa shape index (κ3) is 40.8. The van der Waals surface area contributed by atoms with E-state index in [2.05, 4.69) is 12.6 Å². The molecule has 3 aliphatic heterocycles. The van der Waals surface area contributed by atoms with Gasteiger partial charge in [-0.25, -0.2) is 0 Å². The fraction of sp³-hybridized carbons (Fsp3) is 0.969. The van der Waals surface area contributed by atoms with Gasteiger partial charge in [-0.2, -0.15) is 23.5 Å². The molecule has 0 aromatic carbocycles. The van der Waals surface area contributed by atoms with E-state index in [0.29, 0.717) is 61.6 Å². The monoisotopic (exact) mass is 788 g/mol. The molecule has 0 spiro atoms. The van der Waals surface area contributed by atoms with E-state index in [-0.39, 0.29) is 82.9 Å². The molecule has 0 amide bonds. The van der Waals surface area contributed by atoms with Crippen molar-refractivity contribution >= 4 is 41.3 Å². The zero-order valence-electron chi connectivity index (χ0n) is 29.6. The van der Waals surface area contributed by atoms with Crippen LogP contribution in [0.15, 0.2) is 0 Å². The van der Waals surface area contributed by atoms with Gasteiger partial charge in [-0.3, -0.25) is 0 Å². The summed E-state index contributed by atoms with van der Waals surface area (Å²) in [5, 5.41) is 39.4. The van der Waals surface area contributed by atoms with Gasteiger partial charge in [0.2, 0.25) is 0 Å². The predicted molar refractivity (Wildman–Crippen MR) is 189 cm³/mol. The number of hydrogen-bond acceptors (Lipinski definition) is 16. The van der Waals surface area contributed by atoms with Crippen molar-refractivity contribution < 1.29 is 115 Å². The van der Waals surface area contributed by atoms with Crippen LogP contribution in [0.5, 0.6) is 0 Å². The maximum absolute atomic E-state index is 9.91. The number of ether oxygens (including phenoxy) is 8. The van der Waals surface area contributed by atoms with Gasteiger partial charge in [0.15, 0.2) is 0 Å². The normalized spacial score (nSPS) is 28.7. The van der Waals surface area contributed by atoms with E-state index >= 15 is 0 Å². The SMILES string of the molecule is C(CCOCC1CO1)COCC1CO1.CC(=O)[S-].OC1COCCCCOCC(O)CSCC(O)COCCCCOCC(O)CSC1.[K+]. The largest absolute Gasteiger partial charge is 1.00 e. The number of aliphatic hydroxyl groups is 4. The summed E-state index contributed by atoms with van der Waals surface area (Å²) >= 11 is 6.95. The number of hydrogen-bond donors (Lipinski definition) is 4. The molecule has 13 nitrogen and oxygen atoms in total. The van der Waals surface area contributed by atoms with Gasteiger partial charge in [0, 0.05) is 67.8 Å². The summed E-state index contributed by atoms with van der Waals surface area (Å²) in [7, 11) is 0. The Morgan fingerprint density at radius 3 is 1.12 bits per heavy atom. The van der Waals surface area contributed by atoms with Crippen LogP contribution in [-0.2, 0) is 55.3 Å². The van der Waals surface area contributed by atoms with Crippen LogP contribution in [0, 0.1) is 0 Å². The summed E-state index contributed by atoms with van der Waals surface area (Å²) in [4.78, 5) is 9.26. The van der Waals surface area contributed by atoms with Crippen LogP contribution in [0.1, 0.15) is 45.4 Å². The second-order valence-corrected chi connectivity index (χ2v) is 14.4. The van der Waals surface area contributed by atoms with Crippen LogP contribution < -0.4 is 51.4 Å². The summed E-state index contributed by atoms with van der Waals surface area (Å²) < 4.78 is 42.7. The first-order chi connectivity index (χ1) is 23.3. The molecule has 4 N–H and O–H groups in total. The number of epoxide rings is 2. The Hall–Kier alpha value is 1.75. The second kappa shape index (κ2) is 36.7. The Balaban J connectivity index is 0.000000996. The molecule has 6 atom stereocenters. The van der Waals surface area contributed by atoms with Gasteiger partial charge >= 0.3 is 51.4 Å². The van der Waals surface area contributed by atoms with Crippen molar-refractivity contribution in [3.8, 4) is 0 Å². The van der Waals surface area contributed by atoms with E-state index in [1.165, 1.54) is 30.4 Å². The van der Waals surface area contributed by atoms with E-state index in [9.17, 15) is 25.2 Å². The Kier molecular flexibility index (Phi) is 38.0. The van der Waals surface area contributed by atoms with E-state index in [0.717, 1.165) is 78.2 Å². The minimum Gasteiger partial charge on any atom is -0.742 e. The van der Waals surface area contributed by atoms with Crippen LogP contribution in [0.25, 0.3) is 0 Å². The summed E-state index contributed by atoms with van der Waals surface area (Å²) in [5.74, 6) is 2.05. The Morgan fingerprint density at radius 1 is 0.612 bits per heavy atom. The van der Waals surface area contributed by atoms with Crippen molar-refractivity contribution in [3.05, 3.63) is 0 Å². The van der Waals surface area contributed by atoms with Gasteiger partial charge in [0.25, 0.3) is 0 Å². The third-order valence-corrected chi connectivity index (χ3v) is 8.86. The van der Waals surface area contributed by atoms with Crippen molar-refractivity contribution in [1.29, 1.82) is 0 Å². The van der Waals surface area contributed by atoms with Crippen LogP contribution in [-0.4, -0.2) is 178 Å². The quantitative estimate of drug-likeness (QED) is 0.0892. The van der Waals surface area contributed by atoms with Gasteiger partial charge in [-0.05, 0) is 45.4 Å². The summed E-state index contributed by atoms with van der Waals surface area (Å²) in [5.41, 5.74) is 0. The topological polar surface area (TPSA) is 178 Å². The van der Waals surface area contributed by atoms with Crippen LogP contribution in [0.2, 0.25) is 0 Å². The molecule has 0 aliphatic carbocycles. The van der Waals surface area contributed by atoms with Crippen molar-refractivity contribution in [3.63, 3.8) is 0 Å². The first-order valence-electron chi connectivity index (χ1n) is 17.0. The van der Waals surface area contributed by atoms with Gasteiger partial charge in [-0.1, -0.05) is 0 Å². The van der Waals surface area contributed by atoms with Crippen molar-refractivity contribution in [1.82, 2.24) is 0 Å². The third-order valence-electron chi connectivity index (χ3n) is 6.38. The second-order valence-electron chi connectivity index (χ2n) is 11.7. The molecule has 0 aromatic heterocycles. The molecule has 3 aliphatic rings. The standard InChI is InChI=1S/C20H40O8S2.C10H18O4.C2H4OS.K/c21-17-9-25-5-1-2-6-26-10-18(22)14-30-16-20(24)12-28-8-4-3-7-27-11-19(23)15-29-13-17;1(3-11-5-9-7-13-9)2-4-12-6-10-8-14-10;1-2(3)4;/h17-24H,1-16H2;9-10H,1-8H2;1H3,(H,3,4);/q;;;+1/p-1. The minimum atomic E-state index is -0.552. The number of unbranched alkanes of at least 4 members (excludes halogenated alkanes) is 1. The molecule has 3 saturated heterocycles. The molecule has 17 heteroatoms. The van der Waals surface area contributed by atoms with E-state index in [1.807, 2.05) is 0 Å². The molecule has 3 fully saturated rings. The predicted octanol–water partition coefficient (Wildman–Crippen LogP) is -1.78. The maximum atomic E-state index is 9.91. The average molecular weight is 789 g/mol. The Bertz CT molecular complexity index is 642. The minimum absolute atomic E-state index is 0. The first-order valence-corrected chi connectivity index (χ1v) is 19.7. The first kappa shape index (κ1) is 50.7. The molecule has 0 radical (unpaired) electrons. The van der Waals surface area contributed by atoms with Crippen molar-refractivity contribution in [2.75, 3.05) is 116 Å². The zero-order chi connectivity index (χ0) is 35.1. The van der Waals surface area contributed by atoms with Gasteiger partial charge in [-0.15, -0.1) is 0 Å². The molecule has 49 heavy (non-hydrogen) atoms. The fourth-order valence-corrected chi connectivity index (χ4v) is 5.48. The molecule has 3 heterocycles. The molecule has 286 valence electrons. The summed E-state index contributed by atoms with van der Waals surface area (Å²) in [6.45, 7) is 9.62. The number of carbonyl (C=O) groups is 1. The molecular weight excluding hydrogens is 728 g/mol. The number of rotatable bonds is 9. The molecule has 6 unspecified atom stereocenters. The zero-order valence-corrected chi connectivity index (χ0v) is 35.2. The fourth-order valence-electron chi connectivity index (χ4n) is 3.73. The van der Waals surface area contributed by atoms with Crippen LogP contribution in [0.3, 0.4) is 0 Å². The number of aliphatic hydroxyl groups excluding tert-OH is 4. The average Bonchev–Trinajstić information content (AvgIpc) is 3.97. The van der Waals surface area contributed by atoms with Gasteiger partial charge < -0.3 is 75.7 Å². The Labute approximate surface area is 350 Å². The van der Waals surface area contributed by atoms with Gasteiger partial charge in [0.05, 0.1) is 77.3 Å². The van der Waals surface area contributed by atoms with E-state index in [1.54, 1.807) is 0 Å². The Morgan fingerprint density at radius 2 is 0.878 bits per heavy atom. The van der Waals surface area contributed by atoms with Crippen molar-refractivity contribution in [2.24, 2.45) is 0 Å². The molecule has 0 aromatic rings.